The van der Waals surface area contributed by atoms with Gasteiger partial charge in [-0.1, -0.05) is 37.3 Å². The second-order valence-corrected chi connectivity index (χ2v) is 3.92. The molecule has 0 bridgehead atoms. The van der Waals surface area contributed by atoms with Crippen molar-refractivity contribution in [1.29, 1.82) is 0 Å². The van der Waals surface area contributed by atoms with E-state index in [2.05, 4.69) is 49.7 Å². The smallest absolute Gasteiger partial charge is 0.0157 e. The lowest BCUT2D eigenvalue weighted by atomic mass is 10.0. The minimum Gasteiger partial charge on any atom is -0.302 e. The molecule has 0 atom stereocenters. The lowest BCUT2D eigenvalue weighted by molar-refractivity contribution is 0.375. The van der Waals surface area contributed by atoms with E-state index in [0.717, 1.165) is 25.9 Å². The van der Waals surface area contributed by atoms with Crippen molar-refractivity contribution in [1.82, 2.24) is 4.90 Å². The summed E-state index contributed by atoms with van der Waals surface area (Å²) in [6, 6.07) is 8.71. The predicted octanol–water partition coefficient (Wildman–Crippen LogP) is 2.91. The van der Waals surface area contributed by atoms with Gasteiger partial charge in [0.25, 0.3) is 0 Å². The molecule has 0 saturated carbocycles. The molecule has 0 aliphatic carbocycles. The maximum Gasteiger partial charge on any atom is 0.0157 e. The first-order valence-corrected chi connectivity index (χ1v) is 5.64. The molecule has 15 heavy (non-hydrogen) atoms. The summed E-state index contributed by atoms with van der Waals surface area (Å²) in [4.78, 5) is 2.29. The molecular weight excluding hydrogens is 182 g/mol. The number of benzene rings is 1. The Morgan fingerprint density at radius 2 is 1.93 bits per heavy atom. The van der Waals surface area contributed by atoms with Crippen molar-refractivity contribution in [3.63, 3.8) is 0 Å². The second-order valence-electron chi connectivity index (χ2n) is 3.92. The third-order valence-electron chi connectivity index (χ3n) is 2.70. The number of hydrogen-bond donors (Lipinski definition) is 0. The highest BCUT2D eigenvalue weighted by Crippen LogP contribution is 2.10. The first-order chi connectivity index (χ1) is 7.27. The fraction of sp³-hybridized carbons (Fsp3) is 0.429. The molecule has 0 heterocycles. The molecule has 1 aromatic rings. The fourth-order valence-electron chi connectivity index (χ4n) is 1.77. The summed E-state index contributed by atoms with van der Waals surface area (Å²) in [5.74, 6) is 0. The Bertz CT molecular complexity index is 304. The normalized spacial score (nSPS) is 10.6. The van der Waals surface area contributed by atoms with E-state index in [0.29, 0.717) is 0 Å². The topological polar surface area (TPSA) is 3.24 Å². The zero-order valence-electron chi connectivity index (χ0n) is 9.87. The van der Waals surface area contributed by atoms with Crippen LogP contribution < -0.4 is 0 Å². The second kappa shape index (κ2) is 6.41. The molecule has 1 heteroatoms. The van der Waals surface area contributed by atoms with Crippen LogP contribution in [0.2, 0.25) is 0 Å². The molecule has 0 aliphatic heterocycles. The van der Waals surface area contributed by atoms with Crippen LogP contribution in [-0.4, -0.2) is 25.0 Å². The van der Waals surface area contributed by atoms with Crippen molar-refractivity contribution >= 4 is 0 Å². The quantitative estimate of drug-likeness (QED) is 0.643. The molecular formula is C14H21N. The highest BCUT2D eigenvalue weighted by atomic mass is 15.1. The van der Waals surface area contributed by atoms with Crippen LogP contribution in [0.5, 0.6) is 0 Å². The highest BCUT2D eigenvalue weighted by molar-refractivity contribution is 5.27. The maximum absolute atomic E-state index is 3.75. The van der Waals surface area contributed by atoms with E-state index in [1.54, 1.807) is 0 Å². The molecule has 1 aromatic carbocycles. The van der Waals surface area contributed by atoms with E-state index in [4.69, 9.17) is 0 Å². The average Bonchev–Trinajstić information content (AvgIpc) is 2.27. The maximum atomic E-state index is 3.75. The summed E-state index contributed by atoms with van der Waals surface area (Å²) in [6.07, 6.45) is 4.21. The molecule has 0 amide bonds. The third-order valence-corrected chi connectivity index (χ3v) is 2.70. The summed E-state index contributed by atoms with van der Waals surface area (Å²) < 4.78 is 0. The van der Waals surface area contributed by atoms with Gasteiger partial charge in [0.2, 0.25) is 0 Å². The van der Waals surface area contributed by atoms with Crippen LogP contribution in [0, 0.1) is 0 Å². The number of nitrogens with zero attached hydrogens (tertiary/aromatic N) is 1. The van der Waals surface area contributed by atoms with Crippen molar-refractivity contribution < 1.29 is 0 Å². The summed E-state index contributed by atoms with van der Waals surface area (Å²) in [5, 5.41) is 0. The van der Waals surface area contributed by atoms with Crippen LogP contribution in [0.4, 0.5) is 0 Å². The van der Waals surface area contributed by atoms with E-state index in [1.807, 2.05) is 6.08 Å². The summed E-state index contributed by atoms with van der Waals surface area (Å²) in [7, 11) is 2.14. The molecule has 0 spiro atoms. The van der Waals surface area contributed by atoms with Gasteiger partial charge in [-0.15, -0.1) is 6.58 Å². The van der Waals surface area contributed by atoms with Crippen LogP contribution >= 0.6 is 0 Å². The predicted molar refractivity (Wildman–Crippen MR) is 67.2 cm³/mol. The average molecular weight is 203 g/mol. The molecule has 0 radical (unpaired) electrons. The Kier molecular flexibility index (Phi) is 5.13. The van der Waals surface area contributed by atoms with Crippen LogP contribution in [0.1, 0.15) is 18.1 Å². The minimum absolute atomic E-state index is 0.967. The number of rotatable bonds is 6. The van der Waals surface area contributed by atoms with E-state index >= 15 is 0 Å². The fourth-order valence-corrected chi connectivity index (χ4v) is 1.77. The monoisotopic (exact) mass is 203 g/mol. The van der Waals surface area contributed by atoms with Crippen molar-refractivity contribution in [3.8, 4) is 0 Å². The van der Waals surface area contributed by atoms with E-state index in [9.17, 15) is 0 Å². The summed E-state index contributed by atoms with van der Waals surface area (Å²) in [6.45, 7) is 8.03. The van der Waals surface area contributed by atoms with Gasteiger partial charge in [0.15, 0.2) is 0 Å². The molecule has 1 rings (SSSR count). The molecule has 0 fully saturated rings. The Balaban J connectivity index is 2.52. The summed E-state index contributed by atoms with van der Waals surface area (Å²) >= 11 is 0. The lowest BCUT2D eigenvalue weighted by Gasteiger charge is -2.15. The van der Waals surface area contributed by atoms with Crippen molar-refractivity contribution in [2.45, 2.75) is 19.8 Å². The van der Waals surface area contributed by atoms with Crippen LogP contribution in [0.15, 0.2) is 36.9 Å². The van der Waals surface area contributed by atoms with Crippen LogP contribution in [0.25, 0.3) is 0 Å². The van der Waals surface area contributed by atoms with Crippen molar-refractivity contribution in [2.75, 3.05) is 20.1 Å². The molecule has 0 unspecified atom stereocenters. The molecule has 0 aromatic heterocycles. The largest absolute Gasteiger partial charge is 0.302 e. The minimum atomic E-state index is 0.967. The van der Waals surface area contributed by atoms with Gasteiger partial charge in [0.05, 0.1) is 0 Å². The molecule has 1 nitrogen and oxygen atoms in total. The van der Waals surface area contributed by atoms with Crippen molar-refractivity contribution in [2.24, 2.45) is 0 Å². The van der Waals surface area contributed by atoms with Gasteiger partial charge in [0.1, 0.15) is 0 Å². The van der Waals surface area contributed by atoms with Gasteiger partial charge in [-0.05, 0) is 31.0 Å². The highest BCUT2D eigenvalue weighted by Gasteiger charge is 2.01. The van der Waals surface area contributed by atoms with Gasteiger partial charge >= 0.3 is 0 Å². The van der Waals surface area contributed by atoms with Gasteiger partial charge < -0.3 is 4.90 Å². The summed E-state index contributed by atoms with van der Waals surface area (Å²) in [5.41, 5.74) is 2.96. The molecule has 0 N–H and O–H groups in total. The van der Waals surface area contributed by atoms with Gasteiger partial charge in [-0.2, -0.15) is 0 Å². The Hall–Kier alpha value is -1.08. The lowest BCUT2D eigenvalue weighted by Crippen LogP contribution is -2.21. The number of aryl methyl sites for hydroxylation is 1. The van der Waals surface area contributed by atoms with E-state index < -0.39 is 0 Å². The van der Waals surface area contributed by atoms with Crippen molar-refractivity contribution in [3.05, 3.63) is 48.0 Å². The first-order valence-electron chi connectivity index (χ1n) is 5.64. The van der Waals surface area contributed by atoms with E-state index in [-0.39, 0.29) is 0 Å². The van der Waals surface area contributed by atoms with Gasteiger partial charge in [-0.3, -0.25) is 0 Å². The van der Waals surface area contributed by atoms with Gasteiger partial charge in [0, 0.05) is 13.1 Å². The van der Waals surface area contributed by atoms with Crippen LogP contribution in [-0.2, 0) is 12.8 Å². The Labute approximate surface area is 93.4 Å². The standard InChI is InChI=1S/C14H21N/c1-4-11-15(3)12-10-14-9-7-6-8-13(14)5-2/h4,6-9H,1,5,10-12H2,2-3H3. The molecule has 0 saturated heterocycles. The Morgan fingerprint density at radius 1 is 1.27 bits per heavy atom. The molecule has 82 valence electrons. The number of hydrogen-bond acceptors (Lipinski definition) is 1. The molecule has 0 aliphatic rings. The SMILES string of the molecule is C=CCN(C)CCc1ccccc1CC. The van der Waals surface area contributed by atoms with Gasteiger partial charge in [-0.25, -0.2) is 0 Å². The third kappa shape index (κ3) is 3.88. The number of likely N-dealkylation sites (N-methyl/N-ethyl adjacent to an activating group) is 1. The zero-order chi connectivity index (χ0) is 11.1. The van der Waals surface area contributed by atoms with E-state index in [1.165, 1.54) is 11.1 Å². The van der Waals surface area contributed by atoms with Crippen LogP contribution in [0.3, 0.4) is 0 Å². The zero-order valence-corrected chi connectivity index (χ0v) is 9.87. The Morgan fingerprint density at radius 3 is 2.53 bits per heavy atom. The first kappa shape index (κ1) is 12.0.